The lowest BCUT2D eigenvalue weighted by molar-refractivity contribution is 0.387. The third-order valence-corrected chi connectivity index (χ3v) is 4.68. The molecular formula is C13H17N3O3S. The third kappa shape index (κ3) is 3.03. The summed E-state index contributed by atoms with van der Waals surface area (Å²) in [6, 6.07) is 7.43. The smallest absolute Gasteiger partial charge is 0.211 e. The van der Waals surface area contributed by atoms with Crippen LogP contribution >= 0.6 is 0 Å². The topological polar surface area (TPSA) is 73.6 Å². The zero-order valence-corrected chi connectivity index (χ0v) is 12.4. The average molecular weight is 295 g/mol. The number of anilines is 1. The Morgan fingerprint density at radius 1 is 1.25 bits per heavy atom. The van der Waals surface area contributed by atoms with Gasteiger partial charge in [0.15, 0.2) is 0 Å². The molecule has 1 aromatic carbocycles. The van der Waals surface area contributed by atoms with Crippen LogP contribution in [0.1, 0.15) is 5.56 Å². The van der Waals surface area contributed by atoms with Gasteiger partial charge in [0.25, 0.3) is 0 Å². The van der Waals surface area contributed by atoms with Crippen molar-refractivity contribution in [3.05, 3.63) is 23.8 Å². The van der Waals surface area contributed by atoms with Crippen LogP contribution in [0.3, 0.4) is 0 Å². The van der Waals surface area contributed by atoms with Crippen molar-refractivity contribution in [3.63, 3.8) is 0 Å². The van der Waals surface area contributed by atoms with Gasteiger partial charge in [-0.3, -0.25) is 0 Å². The first-order chi connectivity index (χ1) is 9.45. The lowest BCUT2D eigenvalue weighted by Crippen LogP contribution is -2.48. The fraction of sp³-hybridized carbons (Fsp3) is 0.462. The van der Waals surface area contributed by atoms with Gasteiger partial charge in [0.2, 0.25) is 10.0 Å². The molecule has 1 fully saturated rings. The van der Waals surface area contributed by atoms with Gasteiger partial charge in [0.05, 0.1) is 24.6 Å². The first-order valence-corrected chi connectivity index (χ1v) is 8.08. The van der Waals surface area contributed by atoms with Gasteiger partial charge in [0, 0.05) is 32.2 Å². The second-order valence-electron chi connectivity index (χ2n) is 4.64. The van der Waals surface area contributed by atoms with Crippen LogP contribution in [-0.2, 0) is 10.0 Å². The first kappa shape index (κ1) is 14.6. The van der Waals surface area contributed by atoms with Crippen LogP contribution in [0, 0.1) is 11.3 Å². The summed E-state index contributed by atoms with van der Waals surface area (Å²) < 4.78 is 29.6. The van der Waals surface area contributed by atoms with E-state index in [2.05, 4.69) is 6.07 Å². The SMILES string of the molecule is COc1ccc(C#N)c(N2CCN(S(C)(=O)=O)CC2)c1. The number of hydrogen-bond donors (Lipinski definition) is 0. The molecular weight excluding hydrogens is 278 g/mol. The van der Waals surface area contributed by atoms with Crippen molar-refractivity contribution in [3.8, 4) is 11.8 Å². The molecule has 0 N–H and O–H groups in total. The van der Waals surface area contributed by atoms with Crippen molar-refractivity contribution < 1.29 is 13.2 Å². The number of hydrogen-bond acceptors (Lipinski definition) is 5. The van der Waals surface area contributed by atoms with E-state index in [1.165, 1.54) is 10.6 Å². The summed E-state index contributed by atoms with van der Waals surface area (Å²) in [5.74, 6) is 0.685. The minimum atomic E-state index is -3.14. The van der Waals surface area contributed by atoms with E-state index < -0.39 is 10.0 Å². The molecule has 1 aliphatic heterocycles. The molecule has 1 saturated heterocycles. The van der Waals surface area contributed by atoms with Crippen molar-refractivity contribution in [2.24, 2.45) is 0 Å². The molecule has 108 valence electrons. The third-order valence-electron chi connectivity index (χ3n) is 3.37. The van der Waals surface area contributed by atoms with E-state index in [9.17, 15) is 13.7 Å². The van der Waals surface area contributed by atoms with Crippen molar-refractivity contribution in [1.29, 1.82) is 5.26 Å². The molecule has 2 rings (SSSR count). The molecule has 1 heterocycles. The normalized spacial score (nSPS) is 16.8. The summed E-state index contributed by atoms with van der Waals surface area (Å²) in [5.41, 5.74) is 1.36. The largest absolute Gasteiger partial charge is 0.497 e. The van der Waals surface area contributed by atoms with E-state index >= 15 is 0 Å². The highest BCUT2D eigenvalue weighted by molar-refractivity contribution is 7.88. The highest BCUT2D eigenvalue weighted by Crippen LogP contribution is 2.26. The van der Waals surface area contributed by atoms with Gasteiger partial charge < -0.3 is 9.64 Å². The summed E-state index contributed by atoms with van der Waals surface area (Å²) in [5, 5.41) is 9.17. The Bertz CT molecular complexity index is 629. The quantitative estimate of drug-likeness (QED) is 0.818. The lowest BCUT2D eigenvalue weighted by Gasteiger charge is -2.35. The zero-order valence-electron chi connectivity index (χ0n) is 11.5. The predicted molar refractivity (Wildman–Crippen MR) is 76.3 cm³/mol. The number of benzene rings is 1. The maximum Gasteiger partial charge on any atom is 0.211 e. The summed E-state index contributed by atoms with van der Waals surface area (Å²) in [7, 11) is -1.57. The van der Waals surface area contributed by atoms with Gasteiger partial charge in [-0.05, 0) is 12.1 Å². The lowest BCUT2D eigenvalue weighted by atomic mass is 10.1. The number of methoxy groups -OCH3 is 1. The molecule has 0 saturated carbocycles. The standard InChI is InChI=1S/C13H17N3O3S/c1-19-12-4-3-11(10-14)13(9-12)15-5-7-16(8-6-15)20(2,17)18/h3-4,9H,5-8H2,1-2H3. The first-order valence-electron chi connectivity index (χ1n) is 6.24. The highest BCUT2D eigenvalue weighted by atomic mass is 32.2. The molecule has 6 nitrogen and oxygen atoms in total. The van der Waals surface area contributed by atoms with Crippen molar-refractivity contribution in [2.75, 3.05) is 44.4 Å². The van der Waals surface area contributed by atoms with Crippen LogP contribution in [0.4, 0.5) is 5.69 Å². The summed E-state index contributed by atoms with van der Waals surface area (Å²) in [6.07, 6.45) is 1.22. The van der Waals surface area contributed by atoms with Crippen LogP contribution in [0.15, 0.2) is 18.2 Å². The number of rotatable bonds is 3. The van der Waals surface area contributed by atoms with E-state index in [1.807, 2.05) is 11.0 Å². The number of ether oxygens (including phenoxy) is 1. The average Bonchev–Trinajstić information content (AvgIpc) is 2.45. The Morgan fingerprint density at radius 2 is 1.90 bits per heavy atom. The summed E-state index contributed by atoms with van der Waals surface area (Å²) >= 11 is 0. The molecule has 0 aliphatic carbocycles. The van der Waals surface area contributed by atoms with E-state index in [-0.39, 0.29) is 0 Å². The molecule has 0 spiro atoms. The molecule has 0 aromatic heterocycles. The van der Waals surface area contributed by atoms with Gasteiger partial charge in [-0.1, -0.05) is 0 Å². The molecule has 0 unspecified atom stereocenters. The van der Waals surface area contributed by atoms with Gasteiger partial charge in [-0.2, -0.15) is 9.57 Å². The molecule has 0 bridgehead atoms. The van der Waals surface area contributed by atoms with Crippen molar-refractivity contribution in [2.45, 2.75) is 0 Å². The van der Waals surface area contributed by atoms with Gasteiger partial charge >= 0.3 is 0 Å². The van der Waals surface area contributed by atoms with Crippen molar-refractivity contribution in [1.82, 2.24) is 4.31 Å². The minimum Gasteiger partial charge on any atom is -0.497 e. The Morgan fingerprint density at radius 3 is 2.40 bits per heavy atom. The van der Waals surface area contributed by atoms with E-state index in [1.54, 1.807) is 19.2 Å². The molecule has 0 atom stereocenters. The second kappa shape index (κ2) is 5.69. The maximum atomic E-state index is 11.5. The number of piperazine rings is 1. The monoisotopic (exact) mass is 295 g/mol. The molecule has 1 aliphatic rings. The summed E-state index contributed by atoms with van der Waals surface area (Å²) in [6.45, 7) is 1.99. The molecule has 0 amide bonds. The number of sulfonamides is 1. The predicted octanol–water partition coefficient (Wildman–Crippen LogP) is 0.648. The minimum absolute atomic E-state index is 0.431. The van der Waals surface area contributed by atoms with Crippen LogP contribution < -0.4 is 9.64 Å². The molecule has 1 aromatic rings. The van der Waals surface area contributed by atoms with E-state index in [0.29, 0.717) is 37.5 Å². The number of nitriles is 1. The number of nitrogens with zero attached hydrogens (tertiary/aromatic N) is 3. The van der Waals surface area contributed by atoms with Gasteiger partial charge in [0.1, 0.15) is 11.8 Å². The maximum absolute atomic E-state index is 11.5. The Kier molecular flexibility index (Phi) is 4.16. The zero-order chi connectivity index (χ0) is 14.8. The highest BCUT2D eigenvalue weighted by Gasteiger charge is 2.24. The summed E-state index contributed by atoms with van der Waals surface area (Å²) in [4.78, 5) is 2.02. The molecule has 20 heavy (non-hydrogen) atoms. The van der Waals surface area contributed by atoms with Crippen LogP contribution in [0.25, 0.3) is 0 Å². The van der Waals surface area contributed by atoms with Crippen LogP contribution in [0.5, 0.6) is 5.75 Å². The molecule has 0 radical (unpaired) electrons. The Labute approximate surface area is 119 Å². The van der Waals surface area contributed by atoms with E-state index in [4.69, 9.17) is 4.74 Å². The Hall–Kier alpha value is -1.78. The second-order valence-corrected chi connectivity index (χ2v) is 6.63. The van der Waals surface area contributed by atoms with E-state index in [0.717, 1.165) is 5.69 Å². The fourth-order valence-electron chi connectivity index (χ4n) is 2.26. The van der Waals surface area contributed by atoms with Crippen LogP contribution in [-0.4, -0.2) is 52.3 Å². The van der Waals surface area contributed by atoms with Gasteiger partial charge in [-0.15, -0.1) is 0 Å². The fourth-order valence-corrected chi connectivity index (χ4v) is 3.08. The Balaban J connectivity index is 2.20. The molecule has 7 heteroatoms. The van der Waals surface area contributed by atoms with Gasteiger partial charge in [-0.25, -0.2) is 8.42 Å². The van der Waals surface area contributed by atoms with Crippen LogP contribution in [0.2, 0.25) is 0 Å². The van der Waals surface area contributed by atoms with Crippen molar-refractivity contribution >= 4 is 15.7 Å².